The fourth-order valence-corrected chi connectivity index (χ4v) is 1.92. The van der Waals surface area contributed by atoms with Gasteiger partial charge in [-0.15, -0.1) is 0 Å². The van der Waals surface area contributed by atoms with Crippen molar-refractivity contribution in [1.29, 1.82) is 0 Å². The summed E-state index contributed by atoms with van der Waals surface area (Å²) < 4.78 is 0. The molecule has 0 spiro atoms. The molecule has 0 heterocycles. The summed E-state index contributed by atoms with van der Waals surface area (Å²) in [7, 11) is 0. The third-order valence-electron chi connectivity index (χ3n) is 3.36. The smallest absolute Gasteiger partial charge is 0.271 e. The van der Waals surface area contributed by atoms with Crippen molar-refractivity contribution in [2.24, 2.45) is 5.10 Å². The van der Waals surface area contributed by atoms with E-state index in [-0.39, 0.29) is 17.6 Å². The van der Waals surface area contributed by atoms with E-state index in [1.807, 2.05) is 0 Å². The minimum atomic E-state index is -0.346. The van der Waals surface area contributed by atoms with Crippen molar-refractivity contribution in [3.63, 3.8) is 0 Å². The second kappa shape index (κ2) is 7.92. The predicted molar refractivity (Wildman–Crippen MR) is 93.1 cm³/mol. The van der Waals surface area contributed by atoms with Crippen molar-refractivity contribution in [1.82, 2.24) is 5.43 Å². The second-order valence-electron chi connectivity index (χ2n) is 5.16. The van der Waals surface area contributed by atoms with E-state index in [1.54, 1.807) is 62.4 Å². The van der Waals surface area contributed by atoms with Gasteiger partial charge in [0.2, 0.25) is 5.91 Å². The summed E-state index contributed by atoms with van der Waals surface area (Å²) in [5, 5.41) is 16.0. The highest BCUT2D eigenvalue weighted by atomic mass is 16.3. The maximum Gasteiger partial charge on any atom is 0.271 e. The largest absolute Gasteiger partial charge is 0.508 e. The van der Waals surface area contributed by atoms with Crippen LogP contribution in [0.5, 0.6) is 5.75 Å². The molecular weight excluding hydrogens is 306 g/mol. The first-order chi connectivity index (χ1) is 11.5. The van der Waals surface area contributed by atoms with Crippen molar-refractivity contribution in [2.75, 3.05) is 5.32 Å². The van der Waals surface area contributed by atoms with Gasteiger partial charge < -0.3 is 10.4 Å². The first-order valence-corrected chi connectivity index (χ1v) is 7.53. The van der Waals surface area contributed by atoms with Gasteiger partial charge in [0.1, 0.15) is 5.75 Å². The van der Waals surface area contributed by atoms with E-state index in [2.05, 4.69) is 15.8 Å². The lowest BCUT2D eigenvalue weighted by atomic mass is 10.1. The Kier molecular flexibility index (Phi) is 5.68. The van der Waals surface area contributed by atoms with Crippen LogP contribution >= 0.6 is 0 Å². The molecule has 2 aromatic rings. The molecule has 0 saturated carbocycles. The fraction of sp³-hybridized carbons (Fsp3) is 0.167. The normalized spacial score (nSPS) is 11.0. The number of amides is 2. The molecule has 2 aromatic carbocycles. The summed E-state index contributed by atoms with van der Waals surface area (Å²) in [5.74, 6) is -0.256. The Morgan fingerprint density at radius 3 is 2.17 bits per heavy atom. The third kappa shape index (κ3) is 4.67. The molecule has 3 N–H and O–H groups in total. The number of nitrogens with zero attached hydrogens (tertiary/aromatic N) is 1. The Morgan fingerprint density at radius 2 is 1.58 bits per heavy atom. The van der Waals surface area contributed by atoms with Crippen LogP contribution in [0.3, 0.4) is 0 Å². The number of phenolic OH excluding ortho intramolecular Hbond substituents is 1. The predicted octanol–water partition coefficient (Wildman–Crippen LogP) is 2.89. The van der Waals surface area contributed by atoms with E-state index in [1.165, 1.54) is 0 Å². The van der Waals surface area contributed by atoms with Crippen LogP contribution in [0, 0.1) is 0 Å². The van der Waals surface area contributed by atoms with E-state index < -0.39 is 0 Å². The van der Waals surface area contributed by atoms with Gasteiger partial charge in [0, 0.05) is 17.7 Å². The summed E-state index contributed by atoms with van der Waals surface area (Å²) >= 11 is 0. The Morgan fingerprint density at radius 1 is 1.00 bits per heavy atom. The summed E-state index contributed by atoms with van der Waals surface area (Å²) in [6.07, 6.45) is 0.396. The van der Waals surface area contributed by atoms with Gasteiger partial charge >= 0.3 is 0 Å². The van der Waals surface area contributed by atoms with Crippen molar-refractivity contribution in [3.05, 3.63) is 59.7 Å². The molecule has 0 bridgehead atoms. The first-order valence-electron chi connectivity index (χ1n) is 7.53. The average molecular weight is 325 g/mol. The molecule has 0 fully saturated rings. The van der Waals surface area contributed by atoms with E-state index in [4.69, 9.17) is 0 Å². The standard InChI is InChI=1S/C18H19N3O3/c1-3-17(23)19-15-8-4-14(5-9-15)18(24)21-20-12(2)13-6-10-16(22)11-7-13/h4-11,22H,3H2,1-2H3,(H,19,23)(H,21,24)/b20-12-. The zero-order chi connectivity index (χ0) is 17.5. The van der Waals surface area contributed by atoms with E-state index in [0.717, 1.165) is 5.56 Å². The monoisotopic (exact) mass is 325 g/mol. The molecule has 2 amide bonds. The Balaban J connectivity index is 2.00. The van der Waals surface area contributed by atoms with Crippen molar-refractivity contribution in [3.8, 4) is 5.75 Å². The molecule has 6 nitrogen and oxygen atoms in total. The van der Waals surface area contributed by atoms with Gasteiger partial charge in [-0.3, -0.25) is 9.59 Å². The number of aromatic hydroxyl groups is 1. The molecule has 0 aliphatic carbocycles. The molecule has 6 heteroatoms. The SMILES string of the molecule is CCC(=O)Nc1ccc(C(=O)N/N=C(/C)c2ccc(O)cc2)cc1. The van der Waals surface area contributed by atoms with Gasteiger partial charge in [-0.1, -0.05) is 6.92 Å². The summed E-state index contributed by atoms with van der Waals surface area (Å²) in [4.78, 5) is 23.4. The van der Waals surface area contributed by atoms with Crippen LogP contribution in [0.4, 0.5) is 5.69 Å². The van der Waals surface area contributed by atoms with Crippen LogP contribution in [0.15, 0.2) is 53.6 Å². The quantitative estimate of drug-likeness (QED) is 0.583. The number of rotatable bonds is 5. The number of anilines is 1. The lowest BCUT2D eigenvalue weighted by Gasteiger charge is -2.06. The molecule has 124 valence electrons. The zero-order valence-corrected chi connectivity index (χ0v) is 13.5. The molecule has 0 aromatic heterocycles. The molecule has 24 heavy (non-hydrogen) atoms. The van der Waals surface area contributed by atoms with Crippen molar-refractivity contribution in [2.45, 2.75) is 20.3 Å². The number of nitrogens with one attached hydrogen (secondary N) is 2. The molecule has 0 atom stereocenters. The Hall–Kier alpha value is -3.15. The second-order valence-corrected chi connectivity index (χ2v) is 5.16. The van der Waals surface area contributed by atoms with Gasteiger partial charge in [-0.05, 0) is 61.0 Å². The molecule has 0 saturated heterocycles. The Labute approximate surface area is 140 Å². The van der Waals surface area contributed by atoms with Crippen LogP contribution in [0.2, 0.25) is 0 Å². The minimum absolute atomic E-state index is 0.0821. The molecule has 2 rings (SSSR count). The summed E-state index contributed by atoms with van der Waals surface area (Å²) in [6, 6.07) is 13.1. The van der Waals surface area contributed by atoms with E-state index in [9.17, 15) is 14.7 Å². The number of carbonyl (C=O) groups excluding carboxylic acids is 2. The van der Waals surface area contributed by atoms with Crippen LogP contribution < -0.4 is 10.7 Å². The molecule has 0 radical (unpaired) electrons. The van der Waals surface area contributed by atoms with Gasteiger partial charge in [-0.25, -0.2) is 5.43 Å². The van der Waals surface area contributed by atoms with Gasteiger partial charge in [0.25, 0.3) is 5.91 Å². The molecule has 0 unspecified atom stereocenters. The van der Waals surface area contributed by atoms with Crippen LogP contribution in [-0.4, -0.2) is 22.6 Å². The number of hydrogen-bond acceptors (Lipinski definition) is 4. The highest BCUT2D eigenvalue weighted by Gasteiger charge is 2.06. The van der Waals surface area contributed by atoms with E-state index >= 15 is 0 Å². The summed E-state index contributed by atoms with van der Waals surface area (Å²) in [6.45, 7) is 3.53. The number of hydrogen-bond donors (Lipinski definition) is 3. The third-order valence-corrected chi connectivity index (χ3v) is 3.36. The molecule has 0 aliphatic heterocycles. The van der Waals surface area contributed by atoms with Crippen molar-refractivity contribution >= 4 is 23.2 Å². The average Bonchev–Trinajstić information content (AvgIpc) is 2.60. The number of phenols is 1. The van der Waals surface area contributed by atoms with Crippen LogP contribution in [0.1, 0.15) is 36.2 Å². The lowest BCUT2D eigenvalue weighted by Crippen LogP contribution is -2.19. The number of carbonyl (C=O) groups is 2. The molecule has 0 aliphatic rings. The topological polar surface area (TPSA) is 90.8 Å². The summed E-state index contributed by atoms with van der Waals surface area (Å²) in [5.41, 5.74) is 4.98. The van der Waals surface area contributed by atoms with E-state index in [0.29, 0.717) is 23.4 Å². The number of benzene rings is 2. The molecular formula is C18H19N3O3. The van der Waals surface area contributed by atoms with Crippen LogP contribution in [-0.2, 0) is 4.79 Å². The maximum atomic E-state index is 12.1. The van der Waals surface area contributed by atoms with Crippen molar-refractivity contribution < 1.29 is 14.7 Å². The first kappa shape index (κ1) is 17.2. The fourth-order valence-electron chi connectivity index (χ4n) is 1.92. The highest BCUT2D eigenvalue weighted by molar-refractivity contribution is 6.01. The van der Waals surface area contributed by atoms with Crippen LogP contribution in [0.25, 0.3) is 0 Å². The zero-order valence-electron chi connectivity index (χ0n) is 13.5. The lowest BCUT2D eigenvalue weighted by molar-refractivity contribution is -0.115. The minimum Gasteiger partial charge on any atom is -0.508 e. The van der Waals surface area contributed by atoms with Gasteiger partial charge in [0.15, 0.2) is 0 Å². The Bertz CT molecular complexity index is 750. The van der Waals surface area contributed by atoms with Gasteiger partial charge in [-0.2, -0.15) is 5.10 Å². The van der Waals surface area contributed by atoms with Gasteiger partial charge in [0.05, 0.1) is 5.71 Å². The number of hydrazone groups is 1. The highest BCUT2D eigenvalue weighted by Crippen LogP contribution is 2.11. The maximum absolute atomic E-state index is 12.1.